The monoisotopic (exact) mass is 356 g/mol. The Morgan fingerprint density at radius 2 is 1.85 bits per heavy atom. The van der Waals surface area contributed by atoms with E-state index in [0.29, 0.717) is 29.0 Å². The molecular formula is C20H20O6. The zero-order chi connectivity index (χ0) is 18.6. The number of ether oxygens (including phenoxy) is 2. The molecule has 4 rings (SSSR count). The van der Waals surface area contributed by atoms with Crippen LogP contribution >= 0.6 is 0 Å². The third-order valence-corrected chi connectivity index (χ3v) is 4.96. The number of aromatic hydroxyl groups is 2. The van der Waals surface area contributed by atoms with Crippen LogP contribution in [0.4, 0.5) is 0 Å². The lowest BCUT2D eigenvalue weighted by Crippen LogP contribution is -2.39. The maximum Gasteiger partial charge on any atom is 0.170 e. The molecule has 136 valence electrons. The van der Waals surface area contributed by atoms with Crippen molar-refractivity contribution in [2.75, 3.05) is 0 Å². The second-order valence-corrected chi connectivity index (χ2v) is 7.36. The van der Waals surface area contributed by atoms with Crippen molar-refractivity contribution in [1.82, 2.24) is 0 Å². The molecule has 6 nitrogen and oxygen atoms in total. The Morgan fingerprint density at radius 3 is 2.54 bits per heavy atom. The van der Waals surface area contributed by atoms with Crippen LogP contribution in [0.2, 0.25) is 0 Å². The van der Waals surface area contributed by atoms with Gasteiger partial charge in [-0.3, -0.25) is 4.79 Å². The Kier molecular flexibility index (Phi) is 3.63. The van der Waals surface area contributed by atoms with Gasteiger partial charge in [0.05, 0.1) is 17.6 Å². The molecule has 26 heavy (non-hydrogen) atoms. The van der Waals surface area contributed by atoms with Gasteiger partial charge in [-0.1, -0.05) is 0 Å². The molecule has 0 aliphatic carbocycles. The zero-order valence-corrected chi connectivity index (χ0v) is 14.5. The van der Waals surface area contributed by atoms with Gasteiger partial charge in [-0.05, 0) is 38.1 Å². The Hall–Kier alpha value is -2.73. The van der Waals surface area contributed by atoms with E-state index in [-0.39, 0.29) is 23.7 Å². The Balaban J connectivity index is 1.73. The molecule has 0 aromatic heterocycles. The molecule has 2 aliphatic heterocycles. The molecule has 0 fully saturated rings. The van der Waals surface area contributed by atoms with Gasteiger partial charge in [-0.15, -0.1) is 0 Å². The lowest BCUT2D eigenvalue weighted by molar-refractivity contribution is -0.0229. The van der Waals surface area contributed by atoms with Crippen LogP contribution in [0.3, 0.4) is 0 Å². The Labute approximate surface area is 150 Å². The molecule has 2 atom stereocenters. The van der Waals surface area contributed by atoms with Crippen molar-refractivity contribution in [3.8, 4) is 23.0 Å². The molecular weight excluding hydrogens is 336 g/mol. The van der Waals surface area contributed by atoms with Crippen LogP contribution in [0.25, 0.3) is 0 Å². The quantitative estimate of drug-likeness (QED) is 0.766. The summed E-state index contributed by atoms with van der Waals surface area (Å²) < 4.78 is 11.9. The van der Waals surface area contributed by atoms with E-state index in [4.69, 9.17) is 9.47 Å². The van der Waals surface area contributed by atoms with Gasteiger partial charge in [0.15, 0.2) is 5.78 Å². The third-order valence-electron chi connectivity index (χ3n) is 4.96. The van der Waals surface area contributed by atoms with Crippen LogP contribution in [-0.4, -0.2) is 32.8 Å². The summed E-state index contributed by atoms with van der Waals surface area (Å²) >= 11 is 0. The minimum absolute atomic E-state index is 0.0592. The van der Waals surface area contributed by atoms with Crippen molar-refractivity contribution in [3.05, 3.63) is 47.0 Å². The molecule has 2 aliphatic rings. The number of phenols is 2. The van der Waals surface area contributed by atoms with Crippen molar-refractivity contribution >= 4 is 5.78 Å². The second-order valence-electron chi connectivity index (χ2n) is 7.36. The first-order valence-corrected chi connectivity index (χ1v) is 8.50. The van der Waals surface area contributed by atoms with Gasteiger partial charge in [0.1, 0.15) is 35.2 Å². The van der Waals surface area contributed by atoms with Gasteiger partial charge < -0.3 is 24.8 Å². The predicted octanol–water partition coefficient (Wildman–Crippen LogP) is 2.88. The summed E-state index contributed by atoms with van der Waals surface area (Å²) in [7, 11) is 0. The minimum atomic E-state index is -1.03. The van der Waals surface area contributed by atoms with E-state index >= 15 is 0 Å². The number of hydrogen-bond donors (Lipinski definition) is 3. The fourth-order valence-corrected chi connectivity index (χ4v) is 3.48. The lowest BCUT2D eigenvalue weighted by Gasteiger charge is -2.27. The largest absolute Gasteiger partial charge is 0.508 e. The van der Waals surface area contributed by atoms with Crippen LogP contribution in [0.5, 0.6) is 23.0 Å². The third kappa shape index (κ3) is 2.66. The van der Waals surface area contributed by atoms with Gasteiger partial charge in [0.25, 0.3) is 0 Å². The Morgan fingerprint density at radius 1 is 1.08 bits per heavy atom. The fourth-order valence-electron chi connectivity index (χ4n) is 3.48. The molecule has 3 N–H and O–H groups in total. The van der Waals surface area contributed by atoms with Crippen LogP contribution in [-0.2, 0) is 6.42 Å². The molecule has 0 saturated carbocycles. The van der Waals surface area contributed by atoms with Crippen molar-refractivity contribution < 1.29 is 29.6 Å². The van der Waals surface area contributed by atoms with Crippen LogP contribution < -0.4 is 9.47 Å². The highest BCUT2D eigenvalue weighted by Crippen LogP contribution is 2.46. The lowest BCUT2D eigenvalue weighted by atomic mass is 9.91. The standard InChI is InChI=1S/C20H20O6/c1-20(2,24)18-8-13-16(25-18)6-5-12-15(23)9-17(26-19(12)13)11-4-3-10(21)7-14(11)22/h3-7,17-18,21-22,24H,8-9H2,1-2H3/t17-,18?/m0/s1. The number of fused-ring (bicyclic) bond motifs is 3. The molecule has 2 heterocycles. The summed E-state index contributed by atoms with van der Waals surface area (Å²) in [6.45, 7) is 3.36. The molecule has 2 aromatic carbocycles. The first-order valence-electron chi connectivity index (χ1n) is 8.50. The van der Waals surface area contributed by atoms with Gasteiger partial charge in [0.2, 0.25) is 0 Å². The fraction of sp³-hybridized carbons (Fsp3) is 0.350. The number of carbonyl (C=O) groups excluding carboxylic acids is 1. The molecule has 0 bridgehead atoms. The average Bonchev–Trinajstić information content (AvgIpc) is 2.99. The average molecular weight is 356 g/mol. The number of rotatable bonds is 2. The Bertz CT molecular complexity index is 896. The van der Waals surface area contributed by atoms with Crippen molar-refractivity contribution in [2.45, 2.75) is 44.5 Å². The van der Waals surface area contributed by atoms with E-state index in [1.807, 2.05) is 0 Å². The van der Waals surface area contributed by atoms with Crippen LogP contribution in [0.15, 0.2) is 30.3 Å². The van der Waals surface area contributed by atoms with Gasteiger partial charge in [-0.2, -0.15) is 0 Å². The van der Waals surface area contributed by atoms with Crippen molar-refractivity contribution in [1.29, 1.82) is 0 Å². The van der Waals surface area contributed by atoms with Gasteiger partial charge in [-0.25, -0.2) is 0 Å². The maximum absolute atomic E-state index is 12.6. The van der Waals surface area contributed by atoms with E-state index in [9.17, 15) is 20.1 Å². The van der Waals surface area contributed by atoms with Crippen LogP contribution in [0.1, 0.15) is 47.9 Å². The molecule has 0 spiro atoms. The number of carbonyl (C=O) groups is 1. The molecule has 6 heteroatoms. The van der Waals surface area contributed by atoms with E-state index in [0.717, 1.165) is 5.56 Å². The molecule has 1 unspecified atom stereocenters. The summed E-state index contributed by atoms with van der Waals surface area (Å²) in [5.41, 5.74) is 0.653. The van der Waals surface area contributed by atoms with E-state index in [2.05, 4.69) is 0 Å². The minimum Gasteiger partial charge on any atom is -0.508 e. The zero-order valence-electron chi connectivity index (χ0n) is 14.5. The summed E-state index contributed by atoms with van der Waals surface area (Å²) in [6, 6.07) is 7.63. The summed E-state index contributed by atoms with van der Waals surface area (Å²) in [4.78, 5) is 12.6. The summed E-state index contributed by atoms with van der Waals surface area (Å²) in [6.07, 6.45) is -0.544. The van der Waals surface area contributed by atoms with E-state index in [1.165, 1.54) is 12.1 Å². The van der Waals surface area contributed by atoms with E-state index < -0.39 is 17.8 Å². The highest BCUT2D eigenvalue weighted by atomic mass is 16.5. The number of benzene rings is 2. The SMILES string of the molecule is CC(C)(O)C1Cc2c(ccc3c2O[C@H](c2ccc(O)cc2O)CC3=O)O1. The first-order chi connectivity index (χ1) is 12.2. The van der Waals surface area contributed by atoms with Gasteiger partial charge >= 0.3 is 0 Å². The normalized spacial score (nSPS) is 21.6. The molecule has 2 aromatic rings. The topological polar surface area (TPSA) is 96.2 Å². The maximum atomic E-state index is 12.6. The van der Waals surface area contributed by atoms with E-state index in [1.54, 1.807) is 32.0 Å². The number of phenolic OH excluding ortho intramolecular Hbond substituents is 2. The summed E-state index contributed by atoms with van der Waals surface area (Å²) in [5.74, 6) is 0.779. The number of Topliss-reactive ketones (excluding diaryl/α,β-unsaturated/α-hetero) is 1. The highest BCUT2D eigenvalue weighted by molar-refractivity contribution is 6.01. The smallest absolute Gasteiger partial charge is 0.170 e. The highest BCUT2D eigenvalue weighted by Gasteiger charge is 2.40. The van der Waals surface area contributed by atoms with Crippen LogP contribution in [0, 0.1) is 0 Å². The number of aliphatic hydroxyl groups is 1. The number of hydrogen-bond acceptors (Lipinski definition) is 6. The molecule has 0 saturated heterocycles. The second kappa shape index (κ2) is 5.64. The predicted molar refractivity (Wildman–Crippen MR) is 92.9 cm³/mol. The van der Waals surface area contributed by atoms with Gasteiger partial charge in [0, 0.05) is 23.6 Å². The summed E-state index contributed by atoms with van der Waals surface area (Å²) in [5, 5.41) is 29.8. The first kappa shape index (κ1) is 16.7. The number of ketones is 1. The molecule has 0 radical (unpaired) electrons. The van der Waals surface area contributed by atoms with Crippen molar-refractivity contribution in [2.24, 2.45) is 0 Å². The van der Waals surface area contributed by atoms with Crippen molar-refractivity contribution in [3.63, 3.8) is 0 Å². The molecule has 0 amide bonds.